The molecule has 0 saturated heterocycles. The van der Waals surface area contributed by atoms with Crippen LogP contribution in [-0.4, -0.2) is 26.4 Å². The summed E-state index contributed by atoms with van der Waals surface area (Å²) in [6, 6.07) is 3.73. The van der Waals surface area contributed by atoms with Gasteiger partial charge in [-0.25, -0.2) is 0 Å². The van der Waals surface area contributed by atoms with Gasteiger partial charge < -0.3 is 9.88 Å². The zero-order valence-corrected chi connectivity index (χ0v) is 14.6. The highest BCUT2D eigenvalue weighted by Gasteiger charge is 2.16. The molecular weight excluding hydrogens is 330 g/mol. The molecule has 0 spiro atoms. The third-order valence-electron chi connectivity index (χ3n) is 2.94. The van der Waals surface area contributed by atoms with Gasteiger partial charge in [-0.05, 0) is 11.4 Å². The third-order valence-corrected chi connectivity index (χ3v) is 4.74. The Morgan fingerprint density at radius 3 is 3.04 bits per heavy atom. The van der Waals surface area contributed by atoms with Crippen LogP contribution in [-0.2, 0) is 11.3 Å². The lowest BCUT2D eigenvalue weighted by atomic mass is 10.2. The Bertz CT molecular complexity index is 741. The number of allylic oxidation sites excluding steroid dienone is 1. The van der Waals surface area contributed by atoms with Crippen molar-refractivity contribution >= 4 is 34.0 Å². The molecular formula is C15H17N5OS2. The molecule has 120 valence electrons. The molecule has 2 heterocycles. The Morgan fingerprint density at radius 1 is 1.61 bits per heavy atom. The summed E-state index contributed by atoms with van der Waals surface area (Å²) in [5, 5.41) is 23.1. The van der Waals surface area contributed by atoms with E-state index in [1.807, 2.05) is 24.5 Å². The largest absolute Gasteiger partial charge is 0.316 e. The number of anilines is 1. The smallest absolute Gasteiger partial charge is 0.235 e. The molecule has 0 aliphatic heterocycles. The molecule has 0 unspecified atom stereocenters. The Kier molecular flexibility index (Phi) is 5.96. The van der Waals surface area contributed by atoms with Crippen molar-refractivity contribution in [2.45, 2.75) is 31.5 Å². The minimum absolute atomic E-state index is 0.173. The molecule has 6 nitrogen and oxygen atoms in total. The van der Waals surface area contributed by atoms with Crippen molar-refractivity contribution in [2.75, 3.05) is 11.1 Å². The minimum Gasteiger partial charge on any atom is -0.316 e. The van der Waals surface area contributed by atoms with Crippen LogP contribution in [0.3, 0.4) is 0 Å². The summed E-state index contributed by atoms with van der Waals surface area (Å²) in [6.07, 6.45) is 1.78. The van der Waals surface area contributed by atoms with Crippen molar-refractivity contribution < 1.29 is 4.79 Å². The molecule has 0 radical (unpaired) electrons. The molecule has 0 bridgehead atoms. The topological polar surface area (TPSA) is 83.6 Å². The molecule has 2 aromatic rings. The van der Waals surface area contributed by atoms with Crippen LogP contribution >= 0.6 is 23.1 Å². The van der Waals surface area contributed by atoms with Gasteiger partial charge in [-0.15, -0.1) is 28.1 Å². The minimum atomic E-state index is -0.173. The molecule has 8 heteroatoms. The van der Waals surface area contributed by atoms with Gasteiger partial charge in [0.05, 0.1) is 11.3 Å². The van der Waals surface area contributed by atoms with E-state index in [2.05, 4.69) is 22.1 Å². The molecule has 1 N–H and O–H groups in total. The van der Waals surface area contributed by atoms with E-state index < -0.39 is 0 Å². The second kappa shape index (κ2) is 7.94. The van der Waals surface area contributed by atoms with Crippen LogP contribution in [0.15, 0.2) is 29.3 Å². The van der Waals surface area contributed by atoms with Crippen molar-refractivity contribution in [3.05, 3.63) is 35.5 Å². The van der Waals surface area contributed by atoms with Gasteiger partial charge >= 0.3 is 0 Å². The summed E-state index contributed by atoms with van der Waals surface area (Å²) < 4.78 is 1.96. The first-order valence-corrected chi connectivity index (χ1v) is 8.87. The number of aromatic nitrogens is 3. The highest BCUT2D eigenvalue weighted by molar-refractivity contribution is 7.99. The fraction of sp³-hybridized carbons (Fsp3) is 0.333. The van der Waals surface area contributed by atoms with E-state index in [0.29, 0.717) is 22.3 Å². The van der Waals surface area contributed by atoms with Crippen molar-refractivity contribution in [2.24, 2.45) is 0 Å². The van der Waals surface area contributed by atoms with Gasteiger partial charge in [-0.2, -0.15) is 5.26 Å². The van der Waals surface area contributed by atoms with E-state index in [1.54, 1.807) is 17.5 Å². The van der Waals surface area contributed by atoms with Crippen LogP contribution in [0.5, 0.6) is 0 Å². The summed E-state index contributed by atoms with van der Waals surface area (Å²) in [5.41, 5.74) is 0.477. The number of nitriles is 1. The fourth-order valence-electron chi connectivity index (χ4n) is 1.92. The number of carbonyl (C=O) groups excluding carboxylic acids is 1. The van der Waals surface area contributed by atoms with Gasteiger partial charge in [0.2, 0.25) is 5.91 Å². The number of hydrogen-bond acceptors (Lipinski definition) is 6. The number of carbonyl (C=O) groups is 1. The van der Waals surface area contributed by atoms with Crippen molar-refractivity contribution in [3.63, 3.8) is 0 Å². The number of hydrogen-bond donors (Lipinski definition) is 1. The molecule has 0 atom stereocenters. The van der Waals surface area contributed by atoms with Gasteiger partial charge in [0, 0.05) is 12.5 Å². The standard InChI is InChI=1S/C15H17N5OS2/c1-4-6-20-13(10(2)3)18-19-15(20)23-9-12(21)17-14-11(8-16)5-7-22-14/h4-5,7,10H,1,6,9H2,2-3H3,(H,17,21). The number of nitrogens with zero attached hydrogens (tertiary/aromatic N) is 4. The molecule has 0 aromatic carbocycles. The number of thioether (sulfide) groups is 1. The molecule has 23 heavy (non-hydrogen) atoms. The Morgan fingerprint density at radius 2 is 2.39 bits per heavy atom. The first-order chi connectivity index (χ1) is 11.1. The van der Waals surface area contributed by atoms with Crippen LogP contribution in [0.2, 0.25) is 0 Å². The van der Waals surface area contributed by atoms with Gasteiger partial charge in [-0.3, -0.25) is 4.79 Å². The monoisotopic (exact) mass is 347 g/mol. The SMILES string of the molecule is C=CCn1c(SCC(=O)Nc2sccc2C#N)nnc1C(C)C. The third kappa shape index (κ3) is 4.21. The maximum Gasteiger partial charge on any atom is 0.235 e. The first-order valence-electron chi connectivity index (χ1n) is 7.01. The van der Waals surface area contributed by atoms with Crippen molar-refractivity contribution in [1.82, 2.24) is 14.8 Å². The summed E-state index contributed by atoms with van der Waals surface area (Å²) in [4.78, 5) is 12.0. The van der Waals surface area contributed by atoms with E-state index >= 15 is 0 Å². The number of thiophene rings is 1. The van der Waals surface area contributed by atoms with E-state index in [4.69, 9.17) is 5.26 Å². The second-order valence-corrected chi connectivity index (χ2v) is 6.87. The Balaban J connectivity index is 2.02. The summed E-state index contributed by atoms with van der Waals surface area (Å²) in [5.74, 6) is 1.15. The Hall–Kier alpha value is -2.11. The maximum absolute atomic E-state index is 12.0. The van der Waals surface area contributed by atoms with Crippen LogP contribution in [0.4, 0.5) is 5.00 Å². The molecule has 2 aromatic heterocycles. The van der Waals surface area contributed by atoms with E-state index in [-0.39, 0.29) is 17.6 Å². The first kappa shape index (κ1) is 17.2. The van der Waals surface area contributed by atoms with Gasteiger partial charge in [0.15, 0.2) is 5.16 Å². The molecule has 1 amide bonds. The predicted octanol–water partition coefficient (Wildman–Crippen LogP) is 3.25. The summed E-state index contributed by atoms with van der Waals surface area (Å²) in [7, 11) is 0. The molecule has 0 aliphatic carbocycles. The van der Waals surface area contributed by atoms with Crippen molar-refractivity contribution in [3.8, 4) is 6.07 Å². The lowest BCUT2D eigenvalue weighted by Gasteiger charge is -2.09. The summed E-state index contributed by atoms with van der Waals surface area (Å²) in [6.45, 7) is 8.45. The zero-order valence-electron chi connectivity index (χ0n) is 12.9. The molecule has 2 rings (SSSR count). The second-order valence-electron chi connectivity index (χ2n) is 5.01. The van der Waals surface area contributed by atoms with Crippen LogP contribution in [0, 0.1) is 11.3 Å². The highest BCUT2D eigenvalue weighted by atomic mass is 32.2. The quantitative estimate of drug-likeness (QED) is 0.614. The Labute approximate surface area is 143 Å². The normalized spacial score (nSPS) is 10.5. The van der Waals surface area contributed by atoms with E-state index in [9.17, 15) is 4.79 Å². The number of nitrogens with one attached hydrogen (secondary N) is 1. The highest BCUT2D eigenvalue weighted by Crippen LogP contribution is 2.24. The molecule has 0 fully saturated rings. The van der Waals surface area contributed by atoms with Crippen LogP contribution < -0.4 is 5.32 Å². The number of amides is 1. The average Bonchev–Trinajstić information content (AvgIpc) is 3.12. The van der Waals surface area contributed by atoms with E-state index in [1.165, 1.54) is 23.1 Å². The maximum atomic E-state index is 12.0. The van der Waals surface area contributed by atoms with Crippen LogP contribution in [0.1, 0.15) is 31.2 Å². The number of rotatable bonds is 7. The molecule has 0 saturated carbocycles. The van der Waals surface area contributed by atoms with Crippen LogP contribution in [0.25, 0.3) is 0 Å². The lowest BCUT2D eigenvalue weighted by molar-refractivity contribution is -0.113. The van der Waals surface area contributed by atoms with Gasteiger partial charge in [0.1, 0.15) is 16.9 Å². The zero-order chi connectivity index (χ0) is 16.8. The fourth-order valence-corrected chi connectivity index (χ4v) is 3.43. The van der Waals surface area contributed by atoms with Gasteiger partial charge in [-0.1, -0.05) is 31.7 Å². The molecule has 0 aliphatic rings. The summed E-state index contributed by atoms with van der Waals surface area (Å²) >= 11 is 2.65. The van der Waals surface area contributed by atoms with Gasteiger partial charge in [0.25, 0.3) is 0 Å². The average molecular weight is 347 g/mol. The van der Waals surface area contributed by atoms with Crippen molar-refractivity contribution in [1.29, 1.82) is 5.26 Å². The lowest BCUT2D eigenvalue weighted by Crippen LogP contribution is -2.14. The van der Waals surface area contributed by atoms with E-state index in [0.717, 1.165) is 5.82 Å². The predicted molar refractivity (Wildman–Crippen MR) is 92.7 cm³/mol.